The number of benzene rings is 1. The molecule has 1 aromatic heterocycles. The zero-order valence-electron chi connectivity index (χ0n) is 12.5. The number of likely N-dealkylation sites (N-methyl/N-ethyl adjacent to an activating group) is 1. The minimum Gasteiger partial charge on any atom is -0.384 e. The molecule has 3 rings (SSSR count). The maximum absolute atomic E-state index is 12.1. The van der Waals surface area contributed by atoms with Crippen LogP contribution >= 0.6 is 0 Å². The Hall–Kier alpha value is -2.83. The first kappa shape index (κ1) is 14.1. The van der Waals surface area contributed by atoms with Crippen LogP contribution in [0.5, 0.6) is 0 Å². The Kier molecular flexibility index (Phi) is 3.32. The number of hydrogen-bond donors (Lipinski definition) is 1. The number of nitrogens with zero attached hydrogens (tertiary/aromatic N) is 4. The van der Waals surface area contributed by atoms with Crippen molar-refractivity contribution in [1.29, 1.82) is 0 Å². The molecule has 2 aromatic rings. The standard InChI is InChI=1S/C15H17N5O2/c1-18-6-7-20(15(22)14(18)21)11-5-3-4-10(8-11)12-9-13(16)19(2)17-12/h3-5,8-9H,6-7,16H2,1-2H3. The van der Waals surface area contributed by atoms with Gasteiger partial charge in [0.1, 0.15) is 5.82 Å². The Morgan fingerprint density at radius 3 is 2.55 bits per heavy atom. The fraction of sp³-hybridized carbons (Fsp3) is 0.267. The lowest BCUT2D eigenvalue weighted by atomic mass is 10.1. The van der Waals surface area contributed by atoms with Gasteiger partial charge in [-0.1, -0.05) is 12.1 Å². The first-order valence-electron chi connectivity index (χ1n) is 6.94. The van der Waals surface area contributed by atoms with Crippen LogP contribution in [0.3, 0.4) is 0 Å². The van der Waals surface area contributed by atoms with Gasteiger partial charge in [0.25, 0.3) is 0 Å². The zero-order chi connectivity index (χ0) is 15.9. The van der Waals surface area contributed by atoms with Crippen molar-refractivity contribution in [3.63, 3.8) is 0 Å². The highest BCUT2D eigenvalue weighted by atomic mass is 16.2. The van der Waals surface area contributed by atoms with E-state index < -0.39 is 11.8 Å². The van der Waals surface area contributed by atoms with E-state index in [0.717, 1.165) is 11.3 Å². The van der Waals surface area contributed by atoms with Gasteiger partial charge in [0, 0.05) is 44.5 Å². The molecule has 114 valence electrons. The molecule has 1 aliphatic rings. The molecular weight excluding hydrogens is 282 g/mol. The third-order valence-electron chi connectivity index (χ3n) is 3.80. The van der Waals surface area contributed by atoms with Gasteiger partial charge in [-0.2, -0.15) is 5.10 Å². The fourth-order valence-electron chi connectivity index (χ4n) is 2.43. The van der Waals surface area contributed by atoms with Gasteiger partial charge in [-0.25, -0.2) is 0 Å². The Labute approximate surface area is 127 Å². The molecule has 1 aromatic carbocycles. The van der Waals surface area contributed by atoms with E-state index in [1.54, 1.807) is 24.8 Å². The Bertz CT molecular complexity index is 733. The number of hydrogen-bond acceptors (Lipinski definition) is 4. The van der Waals surface area contributed by atoms with Crippen molar-refractivity contribution in [2.24, 2.45) is 7.05 Å². The number of aryl methyl sites for hydroxylation is 1. The van der Waals surface area contributed by atoms with Crippen molar-refractivity contribution in [2.75, 3.05) is 30.8 Å². The minimum atomic E-state index is -0.508. The number of amides is 2. The van der Waals surface area contributed by atoms with Crippen molar-refractivity contribution in [3.05, 3.63) is 30.3 Å². The Balaban J connectivity index is 1.94. The van der Waals surface area contributed by atoms with E-state index in [0.29, 0.717) is 24.6 Å². The highest BCUT2D eigenvalue weighted by Crippen LogP contribution is 2.26. The second kappa shape index (κ2) is 5.18. The molecule has 2 heterocycles. The van der Waals surface area contributed by atoms with E-state index in [4.69, 9.17) is 5.73 Å². The molecule has 7 heteroatoms. The molecule has 0 atom stereocenters. The lowest BCUT2D eigenvalue weighted by molar-refractivity contribution is -0.145. The number of carbonyl (C=O) groups is 2. The fourth-order valence-corrected chi connectivity index (χ4v) is 2.43. The smallest absolute Gasteiger partial charge is 0.316 e. The Morgan fingerprint density at radius 1 is 1.09 bits per heavy atom. The molecule has 0 radical (unpaired) electrons. The Morgan fingerprint density at radius 2 is 1.86 bits per heavy atom. The second-order valence-electron chi connectivity index (χ2n) is 5.31. The third-order valence-corrected chi connectivity index (χ3v) is 3.80. The molecule has 0 bridgehead atoms. The number of piperazine rings is 1. The molecule has 1 fully saturated rings. The summed E-state index contributed by atoms with van der Waals surface area (Å²) in [4.78, 5) is 26.9. The zero-order valence-corrected chi connectivity index (χ0v) is 12.5. The lowest BCUT2D eigenvalue weighted by Gasteiger charge is -2.31. The molecule has 2 amide bonds. The summed E-state index contributed by atoms with van der Waals surface area (Å²) in [5, 5.41) is 4.33. The van der Waals surface area contributed by atoms with E-state index in [2.05, 4.69) is 5.10 Å². The van der Waals surface area contributed by atoms with Crippen LogP contribution in [0.1, 0.15) is 0 Å². The van der Waals surface area contributed by atoms with E-state index in [-0.39, 0.29) is 0 Å². The van der Waals surface area contributed by atoms with Gasteiger partial charge in [-0.15, -0.1) is 0 Å². The summed E-state index contributed by atoms with van der Waals surface area (Å²) >= 11 is 0. The van der Waals surface area contributed by atoms with Crippen LogP contribution in [-0.2, 0) is 16.6 Å². The van der Waals surface area contributed by atoms with Crippen LogP contribution in [0.2, 0.25) is 0 Å². The van der Waals surface area contributed by atoms with Crippen molar-refractivity contribution in [1.82, 2.24) is 14.7 Å². The van der Waals surface area contributed by atoms with Gasteiger partial charge in [0.2, 0.25) is 0 Å². The molecule has 22 heavy (non-hydrogen) atoms. The molecule has 7 nitrogen and oxygen atoms in total. The maximum Gasteiger partial charge on any atom is 0.316 e. The highest BCUT2D eigenvalue weighted by molar-refractivity contribution is 6.40. The van der Waals surface area contributed by atoms with Crippen molar-refractivity contribution >= 4 is 23.3 Å². The average Bonchev–Trinajstić information content (AvgIpc) is 2.85. The van der Waals surface area contributed by atoms with Gasteiger partial charge >= 0.3 is 11.8 Å². The predicted molar refractivity (Wildman–Crippen MR) is 83.0 cm³/mol. The average molecular weight is 299 g/mol. The number of anilines is 2. The number of carbonyl (C=O) groups excluding carboxylic acids is 2. The van der Waals surface area contributed by atoms with Crippen LogP contribution < -0.4 is 10.6 Å². The van der Waals surface area contributed by atoms with Crippen LogP contribution in [0.4, 0.5) is 11.5 Å². The third kappa shape index (κ3) is 2.30. The molecule has 0 saturated carbocycles. The molecule has 0 spiro atoms. The first-order chi connectivity index (χ1) is 10.5. The van der Waals surface area contributed by atoms with E-state index in [1.165, 1.54) is 9.80 Å². The molecular formula is C15H17N5O2. The molecule has 2 N–H and O–H groups in total. The number of nitrogens with two attached hydrogens (primary N) is 1. The summed E-state index contributed by atoms with van der Waals surface area (Å²) in [6, 6.07) is 9.17. The minimum absolute atomic E-state index is 0.481. The van der Waals surface area contributed by atoms with E-state index in [9.17, 15) is 9.59 Å². The van der Waals surface area contributed by atoms with Crippen molar-refractivity contribution in [2.45, 2.75) is 0 Å². The van der Waals surface area contributed by atoms with Crippen LogP contribution in [0, 0.1) is 0 Å². The summed E-state index contributed by atoms with van der Waals surface area (Å²) in [6.07, 6.45) is 0. The van der Waals surface area contributed by atoms with E-state index >= 15 is 0 Å². The molecule has 1 aliphatic heterocycles. The SMILES string of the molecule is CN1CCN(c2cccc(-c3cc(N)n(C)n3)c2)C(=O)C1=O. The summed E-state index contributed by atoms with van der Waals surface area (Å²) in [7, 11) is 3.40. The monoisotopic (exact) mass is 299 g/mol. The van der Waals surface area contributed by atoms with Crippen LogP contribution in [-0.4, -0.2) is 46.6 Å². The lowest BCUT2D eigenvalue weighted by Crippen LogP contribution is -2.53. The quantitative estimate of drug-likeness (QED) is 0.817. The highest BCUT2D eigenvalue weighted by Gasteiger charge is 2.31. The van der Waals surface area contributed by atoms with Crippen LogP contribution in [0.25, 0.3) is 11.3 Å². The summed E-state index contributed by atoms with van der Waals surface area (Å²) in [5.41, 5.74) is 8.07. The first-order valence-corrected chi connectivity index (χ1v) is 6.94. The molecule has 0 aliphatic carbocycles. The van der Waals surface area contributed by atoms with Crippen molar-refractivity contribution in [3.8, 4) is 11.3 Å². The number of aromatic nitrogens is 2. The predicted octanol–water partition coefficient (Wildman–Crippen LogP) is 0.474. The van der Waals surface area contributed by atoms with Gasteiger partial charge in [-0.05, 0) is 12.1 Å². The number of nitrogen functional groups attached to an aromatic ring is 1. The van der Waals surface area contributed by atoms with Crippen molar-refractivity contribution < 1.29 is 9.59 Å². The van der Waals surface area contributed by atoms with Gasteiger partial charge < -0.3 is 15.5 Å². The largest absolute Gasteiger partial charge is 0.384 e. The van der Waals surface area contributed by atoms with E-state index in [1.807, 2.05) is 24.3 Å². The second-order valence-corrected chi connectivity index (χ2v) is 5.31. The normalized spacial score (nSPS) is 15.5. The topological polar surface area (TPSA) is 84.5 Å². The molecule has 0 unspecified atom stereocenters. The summed E-state index contributed by atoms with van der Waals surface area (Å²) in [5.74, 6) is -0.434. The molecule has 1 saturated heterocycles. The summed E-state index contributed by atoms with van der Waals surface area (Å²) < 4.78 is 1.59. The van der Waals surface area contributed by atoms with Gasteiger partial charge in [0.15, 0.2) is 0 Å². The van der Waals surface area contributed by atoms with Gasteiger partial charge in [-0.3, -0.25) is 14.3 Å². The van der Waals surface area contributed by atoms with Crippen LogP contribution in [0.15, 0.2) is 30.3 Å². The van der Waals surface area contributed by atoms with Gasteiger partial charge in [0.05, 0.1) is 5.69 Å². The maximum atomic E-state index is 12.1. The number of rotatable bonds is 2. The summed E-state index contributed by atoms with van der Waals surface area (Å²) in [6.45, 7) is 1.00.